The van der Waals surface area contributed by atoms with E-state index < -0.39 is 6.10 Å². The first-order chi connectivity index (χ1) is 8.68. The summed E-state index contributed by atoms with van der Waals surface area (Å²) >= 11 is 3.54. The van der Waals surface area contributed by atoms with Gasteiger partial charge in [0.05, 0.1) is 6.10 Å². The molecule has 1 unspecified atom stereocenters. The normalized spacial score (nSPS) is 12.2. The van der Waals surface area contributed by atoms with Gasteiger partial charge in [-0.25, -0.2) is 0 Å². The van der Waals surface area contributed by atoms with Crippen molar-refractivity contribution in [1.29, 1.82) is 0 Å². The average molecular weight is 306 g/mol. The van der Waals surface area contributed by atoms with Gasteiger partial charge in [0.1, 0.15) is 0 Å². The molecular weight excluding hydrogens is 290 g/mol. The quantitative estimate of drug-likeness (QED) is 0.898. The molecule has 2 rings (SSSR count). The van der Waals surface area contributed by atoms with Crippen LogP contribution >= 0.6 is 15.9 Å². The Bertz CT molecular complexity index is 513. The maximum atomic E-state index is 10.1. The summed E-state index contributed by atoms with van der Waals surface area (Å²) in [5.41, 5.74) is 3.10. The van der Waals surface area contributed by atoms with Crippen LogP contribution in [0.4, 0.5) is 5.69 Å². The molecule has 0 aromatic heterocycles. The van der Waals surface area contributed by atoms with Crippen molar-refractivity contribution in [3.63, 3.8) is 0 Å². The lowest BCUT2D eigenvalue weighted by Crippen LogP contribution is -2.12. The second kappa shape index (κ2) is 6.03. The fourth-order valence-electron chi connectivity index (χ4n) is 1.78. The van der Waals surface area contributed by atoms with Gasteiger partial charge in [-0.3, -0.25) is 0 Å². The van der Waals surface area contributed by atoms with E-state index in [4.69, 9.17) is 0 Å². The molecule has 0 amide bonds. The first-order valence-corrected chi connectivity index (χ1v) is 6.70. The number of aliphatic hydroxyl groups is 1. The molecule has 0 aliphatic heterocycles. The van der Waals surface area contributed by atoms with Gasteiger partial charge in [-0.15, -0.1) is 0 Å². The van der Waals surface area contributed by atoms with E-state index in [0.29, 0.717) is 6.54 Å². The number of hydrogen-bond acceptors (Lipinski definition) is 2. The molecule has 18 heavy (non-hydrogen) atoms. The summed E-state index contributed by atoms with van der Waals surface area (Å²) < 4.78 is 1.05. The Hall–Kier alpha value is -1.32. The van der Waals surface area contributed by atoms with Crippen LogP contribution in [0.3, 0.4) is 0 Å². The average Bonchev–Trinajstić information content (AvgIpc) is 2.41. The number of aryl methyl sites for hydroxylation is 1. The van der Waals surface area contributed by atoms with Crippen LogP contribution in [0.2, 0.25) is 0 Å². The minimum atomic E-state index is -0.501. The standard InChI is InChI=1S/C15H16BrNO/c1-11-6-5-9-13(15(11)16)17-10-14(18)12-7-3-2-4-8-12/h2-9,14,17-18H,10H2,1H3. The molecule has 2 aromatic carbocycles. The molecule has 3 heteroatoms. The largest absolute Gasteiger partial charge is 0.387 e. The van der Waals surface area contributed by atoms with Crippen LogP contribution in [0.5, 0.6) is 0 Å². The lowest BCUT2D eigenvalue weighted by atomic mass is 10.1. The van der Waals surface area contributed by atoms with Gasteiger partial charge in [0.25, 0.3) is 0 Å². The van der Waals surface area contributed by atoms with Gasteiger partial charge < -0.3 is 10.4 Å². The predicted molar refractivity (Wildman–Crippen MR) is 78.8 cm³/mol. The van der Waals surface area contributed by atoms with Crippen LogP contribution in [-0.2, 0) is 0 Å². The molecule has 1 atom stereocenters. The van der Waals surface area contributed by atoms with Gasteiger partial charge in [0.15, 0.2) is 0 Å². The summed E-state index contributed by atoms with van der Waals surface area (Å²) in [6, 6.07) is 15.7. The van der Waals surface area contributed by atoms with Crippen molar-refractivity contribution in [2.24, 2.45) is 0 Å². The fourth-order valence-corrected chi connectivity index (χ4v) is 2.19. The van der Waals surface area contributed by atoms with E-state index in [1.807, 2.05) is 55.5 Å². The molecule has 0 fully saturated rings. The van der Waals surface area contributed by atoms with E-state index in [0.717, 1.165) is 15.7 Å². The molecule has 0 saturated carbocycles. The summed E-state index contributed by atoms with van der Waals surface area (Å²) in [5, 5.41) is 13.3. The van der Waals surface area contributed by atoms with Crippen molar-refractivity contribution in [3.05, 3.63) is 64.1 Å². The summed E-state index contributed by atoms with van der Waals surface area (Å²) in [7, 11) is 0. The van der Waals surface area contributed by atoms with E-state index >= 15 is 0 Å². The molecule has 94 valence electrons. The predicted octanol–water partition coefficient (Wildman–Crippen LogP) is 3.90. The Morgan fingerprint density at radius 1 is 1.11 bits per heavy atom. The minimum absolute atomic E-state index is 0.492. The third-order valence-corrected chi connectivity index (χ3v) is 3.91. The Kier molecular flexibility index (Phi) is 4.39. The number of anilines is 1. The third-order valence-electron chi connectivity index (χ3n) is 2.86. The SMILES string of the molecule is Cc1cccc(NCC(O)c2ccccc2)c1Br. The van der Waals surface area contributed by atoms with Crippen molar-refractivity contribution in [2.75, 3.05) is 11.9 Å². The zero-order chi connectivity index (χ0) is 13.0. The highest BCUT2D eigenvalue weighted by Gasteiger charge is 2.08. The van der Waals surface area contributed by atoms with Gasteiger partial charge in [0, 0.05) is 16.7 Å². The van der Waals surface area contributed by atoms with Crippen LogP contribution in [0.1, 0.15) is 17.2 Å². The minimum Gasteiger partial charge on any atom is -0.387 e. The molecule has 0 heterocycles. The first-order valence-electron chi connectivity index (χ1n) is 5.90. The van der Waals surface area contributed by atoms with Crippen molar-refractivity contribution in [1.82, 2.24) is 0 Å². The number of halogens is 1. The second-order valence-corrected chi connectivity index (χ2v) is 5.04. The number of aliphatic hydroxyl groups excluding tert-OH is 1. The molecule has 0 spiro atoms. The Morgan fingerprint density at radius 2 is 1.83 bits per heavy atom. The Balaban J connectivity index is 2.02. The molecule has 2 nitrogen and oxygen atoms in total. The van der Waals surface area contributed by atoms with Crippen LogP contribution < -0.4 is 5.32 Å². The van der Waals surface area contributed by atoms with E-state index in [9.17, 15) is 5.11 Å². The van der Waals surface area contributed by atoms with Crippen LogP contribution in [0.15, 0.2) is 53.0 Å². The summed E-state index contributed by atoms with van der Waals surface area (Å²) in [6.07, 6.45) is -0.501. The molecule has 0 saturated heterocycles. The Labute approximate surface area is 116 Å². The highest BCUT2D eigenvalue weighted by Crippen LogP contribution is 2.26. The molecule has 0 aliphatic carbocycles. The molecular formula is C15H16BrNO. The van der Waals surface area contributed by atoms with Crippen LogP contribution in [-0.4, -0.2) is 11.7 Å². The van der Waals surface area contributed by atoms with Crippen molar-refractivity contribution < 1.29 is 5.11 Å². The zero-order valence-electron chi connectivity index (χ0n) is 10.2. The number of hydrogen-bond donors (Lipinski definition) is 2. The maximum absolute atomic E-state index is 10.1. The van der Waals surface area contributed by atoms with Crippen molar-refractivity contribution in [2.45, 2.75) is 13.0 Å². The van der Waals surface area contributed by atoms with Crippen molar-refractivity contribution in [3.8, 4) is 0 Å². The highest BCUT2D eigenvalue weighted by atomic mass is 79.9. The van der Waals surface area contributed by atoms with Crippen molar-refractivity contribution >= 4 is 21.6 Å². The van der Waals surface area contributed by atoms with E-state index in [-0.39, 0.29) is 0 Å². The molecule has 2 aromatic rings. The molecule has 0 bridgehead atoms. The van der Waals surface area contributed by atoms with E-state index in [2.05, 4.69) is 21.2 Å². The number of nitrogens with one attached hydrogen (secondary N) is 1. The van der Waals surface area contributed by atoms with E-state index in [1.54, 1.807) is 0 Å². The van der Waals surface area contributed by atoms with Gasteiger partial charge in [0.2, 0.25) is 0 Å². The summed E-state index contributed by atoms with van der Waals surface area (Å²) in [4.78, 5) is 0. The molecule has 0 aliphatic rings. The fraction of sp³-hybridized carbons (Fsp3) is 0.200. The van der Waals surface area contributed by atoms with E-state index in [1.165, 1.54) is 5.56 Å². The van der Waals surface area contributed by atoms with Gasteiger partial charge >= 0.3 is 0 Å². The monoisotopic (exact) mass is 305 g/mol. The topological polar surface area (TPSA) is 32.3 Å². The van der Waals surface area contributed by atoms with Gasteiger partial charge in [-0.2, -0.15) is 0 Å². The second-order valence-electron chi connectivity index (χ2n) is 4.24. The van der Waals surface area contributed by atoms with Crippen LogP contribution in [0, 0.1) is 6.92 Å². The van der Waals surface area contributed by atoms with Gasteiger partial charge in [-0.1, -0.05) is 42.5 Å². The lowest BCUT2D eigenvalue weighted by Gasteiger charge is -2.15. The lowest BCUT2D eigenvalue weighted by molar-refractivity contribution is 0.191. The summed E-state index contributed by atoms with van der Waals surface area (Å²) in [6.45, 7) is 2.54. The van der Waals surface area contributed by atoms with Crippen LogP contribution in [0.25, 0.3) is 0 Å². The first kappa shape index (κ1) is 13.1. The third kappa shape index (κ3) is 3.12. The highest BCUT2D eigenvalue weighted by molar-refractivity contribution is 9.10. The smallest absolute Gasteiger partial charge is 0.0962 e. The molecule has 0 radical (unpaired) electrons. The maximum Gasteiger partial charge on any atom is 0.0962 e. The number of benzene rings is 2. The summed E-state index contributed by atoms with van der Waals surface area (Å²) in [5.74, 6) is 0. The Morgan fingerprint density at radius 3 is 2.56 bits per heavy atom. The van der Waals surface area contributed by atoms with Gasteiger partial charge in [-0.05, 0) is 40.0 Å². The zero-order valence-corrected chi connectivity index (χ0v) is 11.8. The molecule has 2 N–H and O–H groups in total. The number of rotatable bonds is 4.